The Hall–Kier alpha value is -2.30. The van der Waals surface area contributed by atoms with Crippen LogP contribution in [0.2, 0.25) is 0 Å². The van der Waals surface area contributed by atoms with Gasteiger partial charge in [-0.2, -0.15) is 0 Å². The Balaban J connectivity index is 1.75. The molecule has 1 aliphatic heterocycles. The predicted octanol–water partition coefficient (Wildman–Crippen LogP) is 0.685. The van der Waals surface area contributed by atoms with E-state index in [1.165, 1.54) is 0 Å². The van der Waals surface area contributed by atoms with Crippen molar-refractivity contribution in [3.63, 3.8) is 0 Å². The Morgan fingerprint density at radius 1 is 1.35 bits per heavy atom. The van der Waals surface area contributed by atoms with Gasteiger partial charge in [-0.1, -0.05) is 30.3 Å². The molecule has 1 amide bonds. The molecule has 0 unspecified atom stereocenters. The Morgan fingerprint density at radius 2 is 2.15 bits per heavy atom. The molecule has 0 bridgehead atoms. The van der Waals surface area contributed by atoms with Crippen LogP contribution in [0, 0.1) is 0 Å². The first-order valence-electron chi connectivity index (χ1n) is 6.73. The first-order chi connectivity index (χ1) is 9.78. The molecule has 3 N–H and O–H groups in total. The SMILES string of the molecule is O=C[C@H](CC1=CNCN1)NC(=O)CCc1ccccc1. The van der Waals surface area contributed by atoms with E-state index >= 15 is 0 Å². The molecule has 0 spiro atoms. The Kier molecular flexibility index (Phi) is 5.17. The molecule has 2 rings (SSSR count). The van der Waals surface area contributed by atoms with Crippen LogP contribution in [0.5, 0.6) is 0 Å². The molecule has 1 heterocycles. The second-order valence-corrected chi connectivity index (χ2v) is 4.73. The van der Waals surface area contributed by atoms with Gasteiger partial charge in [0.15, 0.2) is 0 Å². The number of rotatable bonds is 7. The first-order valence-corrected chi connectivity index (χ1v) is 6.73. The number of nitrogens with one attached hydrogen (secondary N) is 3. The van der Waals surface area contributed by atoms with Gasteiger partial charge in [0.05, 0.1) is 12.7 Å². The van der Waals surface area contributed by atoms with E-state index in [1.807, 2.05) is 36.5 Å². The lowest BCUT2D eigenvalue weighted by atomic mass is 10.1. The van der Waals surface area contributed by atoms with Gasteiger partial charge in [-0.05, 0) is 12.0 Å². The molecule has 1 atom stereocenters. The minimum absolute atomic E-state index is 0.0995. The van der Waals surface area contributed by atoms with E-state index in [2.05, 4.69) is 16.0 Å². The molecule has 1 aromatic rings. The summed E-state index contributed by atoms with van der Waals surface area (Å²) in [4.78, 5) is 22.8. The van der Waals surface area contributed by atoms with Crippen LogP contribution < -0.4 is 16.0 Å². The molecule has 0 fully saturated rings. The van der Waals surface area contributed by atoms with Gasteiger partial charge in [0, 0.05) is 24.7 Å². The molecule has 20 heavy (non-hydrogen) atoms. The summed E-state index contributed by atoms with van der Waals surface area (Å²) in [6.07, 6.45) is 4.17. The summed E-state index contributed by atoms with van der Waals surface area (Å²) >= 11 is 0. The van der Waals surface area contributed by atoms with Crippen molar-refractivity contribution in [1.29, 1.82) is 0 Å². The fourth-order valence-electron chi connectivity index (χ4n) is 2.07. The highest BCUT2D eigenvalue weighted by molar-refractivity contribution is 5.79. The number of aryl methyl sites for hydroxylation is 1. The number of amides is 1. The molecular weight excluding hydrogens is 254 g/mol. The molecule has 106 valence electrons. The number of aldehydes is 1. The van der Waals surface area contributed by atoms with Gasteiger partial charge in [-0.3, -0.25) is 4.79 Å². The molecule has 0 saturated heterocycles. The van der Waals surface area contributed by atoms with Gasteiger partial charge in [0.25, 0.3) is 0 Å². The van der Waals surface area contributed by atoms with Crippen LogP contribution >= 0.6 is 0 Å². The maximum Gasteiger partial charge on any atom is 0.220 e. The second-order valence-electron chi connectivity index (χ2n) is 4.73. The lowest BCUT2D eigenvalue weighted by Gasteiger charge is -2.13. The zero-order chi connectivity index (χ0) is 14.2. The quantitative estimate of drug-likeness (QED) is 0.639. The van der Waals surface area contributed by atoms with Crippen molar-refractivity contribution >= 4 is 12.2 Å². The third kappa shape index (κ3) is 4.42. The average molecular weight is 273 g/mol. The van der Waals surface area contributed by atoms with Gasteiger partial charge < -0.3 is 20.7 Å². The zero-order valence-electron chi connectivity index (χ0n) is 11.3. The standard InChI is InChI=1S/C15H19N3O2/c19-10-14(8-13-9-16-11-17-13)18-15(20)7-6-12-4-2-1-3-5-12/h1-5,9-10,14,16-17H,6-8,11H2,(H,18,20)/t14-/m0/s1. The van der Waals surface area contributed by atoms with Crippen molar-refractivity contribution in [2.45, 2.75) is 25.3 Å². The van der Waals surface area contributed by atoms with Crippen LogP contribution in [0.15, 0.2) is 42.2 Å². The van der Waals surface area contributed by atoms with Gasteiger partial charge in [-0.15, -0.1) is 0 Å². The van der Waals surface area contributed by atoms with Gasteiger partial charge in [-0.25, -0.2) is 0 Å². The largest absolute Gasteiger partial charge is 0.372 e. The van der Waals surface area contributed by atoms with Gasteiger partial charge in [0.1, 0.15) is 6.29 Å². The highest BCUT2D eigenvalue weighted by Crippen LogP contribution is 2.05. The van der Waals surface area contributed by atoms with Gasteiger partial charge in [0.2, 0.25) is 5.91 Å². The van der Waals surface area contributed by atoms with Gasteiger partial charge >= 0.3 is 0 Å². The highest BCUT2D eigenvalue weighted by atomic mass is 16.2. The van der Waals surface area contributed by atoms with Crippen LogP contribution in [0.4, 0.5) is 0 Å². The minimum Gasteiger partial charge on any atom is -0.372 e. The van der Waals surface area contributed by atoms with Crippen LogP contribution in [-0.4, -0.2) is 24.9 Å². The monoisotopic (exact) mass is 273 g/mol. The maximum absolute atomic E-state index is 11.8. The van der Waals surface area contributed by atoms with Crippen LogP contribution in [0.1, 0.15) is 18.4 Å². The lowest BCUT2D eigenvalue weighted by Crippen LogP contribution is -2.37. The fourth-order valence-corrected chi connectivity index (χ4v) is 2.07. The number of hydrogen-bond acceptors (Lipinski definition) is 4. The second kappa shape index (κ2) is 7.33. The van der Waals surface area contributed by atoms with Crippen molar-refractivity contribution in [1.82, 2.24) is 16.0 Å². The highest BCUT2D eigenvalue weighted by Gasteiger charge is 2.14. The molecule has 0 aliphatic carbocycles. The number of carbonyl (C=O) groups excluding carboxylic acids is 2. The molecule has 5 heteroatoms. The summed E-state index contributed by atoms with van der Waals surface area (Å²) in [5.74, 6) is -0.0995. The van der Waals surface area contributed by atoms with Crippen LogP contribution in [0.3, 0.4) is 0 Å². The summed E-state index contributed by atoms with van der Waals surface area (Å²) in [6, 6.07) is 9.35. The maximum atomic E-state index is 11.8. The van der Waals surface area contributed by atoms with Crippen molar-refractivity contribution < 1.29 is 9.59 Å². The van der Waals surface area contributed by atoms with Crippen LogP contribution in [-0.2, 0) is 16.0 Å². The third-order valence-electron chi connectivity index (χ3n) is 3.13. The van der Waals surface area contributed by atoms with E-state index in [-0.39, 0.29) is 5.91 Å². The molecule has 0 radical (unpaired) electrons. The average Bonchev–Trinajstić information content (AvgIpc) is 2.98. The number of carbonyl (C=O) groups is 2. The van der Waals surface area contributed by atoms with Crippen molar-refractivity contribution in [2.75, 3.05) is 6.67 Å². The van der Waals surface area contributed by atoms with E-state index in [0.717, 1.165) is 17.5 Å². The van der Waals surface area contributed by atoms with E-state index in [0.29, 0.717) is 25.9 Å². The topological polar surface area (TPSA) is 70.2 Å². The molecule has 0 saturated carbocycles. The lowest BCUT2D eigenvalue weighted by molar-refractivity contribution is -0.124. The Labute approximate surface area is 118 Å². The van der Waals surface area contributed by atoms with E-state index in [4.69, 9.17) is 0 Å². The fraction of sp³-hybridized carbons (Fsp3) is 0.333. The minimum atomic E-state index is -0.475. The van der Waals surface area contributed by atoms with E-state index in [1.54, 1.807) is 0 Å². The first kappa shape index (κ1) is 14.1. The molecule has 5 nitrogen and oxygen atoms in total. The Morgan fingerprint density at radius 3 is 2.80 bits per heavy atom. The smallest absolute Gasteiger partial charge is 0.220 e. The van der Waals surface area contributed by atoms with Crippen LogP contribution in [0.25, 0.3) is 0 Å². The summed E-state index contributed by atoms with van der Waals surface area (Å²) in [5.41, 5.74) is 2.06. The number of hydrogen-bond donors (Lipinski definition) is 3. The summed E-state index contributed by atoms with van der Waals surface area (Å²) in [5, 5.41) is 8.84. The molecule has 0 aromatic heterocycles. The molecule has 1 aromatic carbocycles. The van der Waals surface area contributed by atoms with E-state index < -0.39 is 6.04 Å². The van der Waals surface area contributed by atoms with Crippen molar-refractivity contribution in [3.8, 4) is 0 Å². The summed E-state index contributed by atoms with van der Waals surface area (Å²) in [7, 11) is 0. The van der Waals surface area contributed by atoms with Crippen molar-refractivity contribution in [2.24, 2.45) is 0 Å². The summed E-state index contributed by atoms with van der Waals surface area (Å²) < 4.78 is 0. The van der Waals surface area contributed by atoms with E-state index in [9.17, 15) is 9.59 Å². The Bertz CT molecular complexity index is 485. The summed E-state index contributed by atoms with van der Waals surface area (Å²) in [6.45, 7) is 0.670. The normalized spacial score (nSPS) is 14.7. The predicted molar refractivity (Wildman–Crippen MR) is 76.6 cm³/mol. The molecule has 1 aliphatic rings. The molecular formula is C15H19N3O2. The zero-order valence-corrected chi connectivity index (χ0v) is 11.3. The third-order valence-corrected chi connectivity index (χ3v) is 3.13. The van der Waals surface area contributed by atoms with Crippen molar-refractivity contribution in [3.05, 3.63) is 47.8 Å². The number of benzene rings is 1.